The predicted molar refractivity (Wildman–Crippen MR) is 65.8 cm³/mol. The largest absolute Gasteiger partial charge is 0.324 e. The highest BCUT2D eigenvalue weighted by molar-refractivity contribution is 5.41. The summed E-state index contributed by atoms with van der Waals surface area (Å²) in [5.74, 6) is 5.39. The van der Waals surface area contributed by atoms with E-state index in [1.54, 1.807) is 0 Å². The Morgan fingerprint density at radius 3 is 2.69 bits per heavy atom. The SMILES string of the molecule is NNc1ccnc(CN2CCCCCC2)c1. The highest BCUT2D eigenvalue weighted by Gasteiger charge is 2.09. The van der Waals surface area contributed by atoms with E-state index in [0.29, 0.717) is 0 Å². The maximum absolute atomic E-state index is 5.39. The molecule has 0 aromatic carbocycles. The van der Waals surface area contributed by atoms with Gasteiger partial charge in [-0.15, -0.1) is 0 Å². The Morgan fingerprint density at radius 2 is 2.00 bits per heavy atom. The lowest BCUT2D eigenvalue weighted by atomic mass is 10.2. The molecule has 0 bridgehead atoms. The highest BCUT2D eigenvalue weighted by Crippen LogP contribution is 2.13. The van der Waals surface area contributed by atoms with Crippen LogP contribution in [0.25, 0.3) is 0 Å². The van der Waals surface area contributed by atoms with Gasteiger partial charge in [-0.05, 0) is 38.1 Å². The van der Waals surface area contributed by atoms with Crippen molar-refractivity contribution in [1.29, 1.82) is 0 Å². The maximum Gasteiger partial charge on any atom is 0.0564 e. The van der Waals surface area contributed by atoms with Gasteiger partial charge in [0.05, 0.1) is 11.4 Å². The monoisotopic (exact) mass is 220 g/mol. The summed E-state index contributed by atoms with van der Waals surface area (Å²) in [6.45, 7) is 3.33. The van der Waals surface area contributed by atoms with Gasteiger partial charge in [-0.25, -0.2) is 0 Å². The Balaban J connectivity index is 1.96. The minimum Gasteiger partial charge on any atom is -0.324 e. The van der Waals surface area contributed by atoms with Crippen LogP contribution >= 0.6 is 0 Å². The number of nitrogens with one attached hydrogen (secondary N) is 1. The molecule has 0 amide bonds. The third-order valence-corrected chi connectivity index (χ3v) is 3.07. The Bertz CT molecular complexity index is 319. The van der Waals surface area contributed by atoms with Crippen LogP contribution in [0.3, 0.4) is 0 Å². The summed E-state index contributed by atoms with van der Waals surface area (Å²) < 4.78 is 0. The van der Waals surface area contributed by atoms with E-state index in [1.807, 2.05) is 18.3 Å². The molecule has 1 fully saturated rings. The second-order valence-corrected chi connectivity index (χ2v) is 4.37. The van der Waals surface area contributed by atoms with Gasteiger partial charge in [-0.3, -0.25) is 15.7 Å². The number of aromatic nitrogens is 1. The van der Waals surface area contributed by atoms with Gasteiger partial charge < -0.3 is 5.43 Å². The molecule has 1 aromatic rings. The van der Waals surface area contributed by atoms with Crippen LogP contribution in [0.4, 0.5) is 5.69 Å². The van der Waals surface area contributed by atoms with Gasteiger partial charge in [0.25, 0.3) is 0 Å². The van der Waals surface area contributed by atoms with Crippen molar-refractivity contribution in [2.24, 2.45) is 5.84 Å². The molecule has 0 unspecified atom stereocenters. The molecule has 0 radical (unpaired) electrons. The molecule has 3 N–H and O–H groups in total. The van der Waals surface area contributed by atoms with Crippen LogP contribution in [-0.4, -0.2) is 23.0 Å². The summed E-state index contributed by atoms with van der Waals surface area (Å²) in [7, 11) is 0. The van der Waals surface area contributed by atoms with Crippen molar-refractivity contribution in [3.8, 4) is 0 Å². The molecular weight excluding hydrogens is 200 g/mol. The molecule has 88 valence electrons. The number of anilines is 1. The van der Waals surface area contributed by atoms with Crippen molar-refractivity contribution in [2.45, 2.75) is 32.2 Å². The van der Waals surface area contributed by atoms with Crippen molar-refractivity contribution in [1.82, 2.24) is 9.88 Å². The standard InChI is InChI=1S/C12H20N4/c13-15-11-5-6-14-12(9-11)10-16-7-3-1-2-4-8-16/h5-6,9H,1-4,7-8,10,13H2,(H,14,15). The van der Waals surface area contributed by atoms with Gasteiger partial charge in [-0.1, -0.05) is 12.8 Å². The summed E-state index contributed by atoms with van der Waals surface area (Å²) in [5, 5.41) is 0. The summed E-state index contributed by atoms with van der Waals surface area (Å²) in [6.07, 6.45) is 7.18. The molecule has 1 aliphatic heterocycles. The smallest absolute Gasteiger partial charge is 0.0564 e. The van der Waals surface area contributed by atoms with E-state index in [2.05, 4.69) is 15.3 Å². The molecule has 2 rings (SSSR count). The quantitative estimate of drug-likeness (QED) is 0.602. The first kappa shape index (κ1) is 11.4. The minimum atomic E-state index is 0.930. The Labute approximate surface area is 96.8 Å². The normalized spacial score (nSPS) is 18.1. The zero-order valence-corrected chi connectivity index (χ0v) is 9.65. The van der Waals surface area contributed by atoms with Crippen LogP contribution in [0, 0.1) is 0 Å². The average Bonchev–Trinajstić information content (AvgIpc) is 2.58. The summed E-state index contributed by atoms with van der Waals surface area (Å²) in [4.78, 5) is 6.86. The van der Waals surface area contributed by atoms with Gasteiger partial charge in [0.2, 0.25) is 0 Å². The minimum absolute atomic E-state index is 0.930. The van der Waals surface area contributed by atoms with E-state index in [-0.39, 0.29) is 0 Å². The second kappa shape index (κ2) is 5.82. The molecule has 1 aliphatic rings. The Kier molecular flexibility index (Phi) is 4.13. The number of hydrogen-bond donors (Lipinski definition) is 2. The first-order chi connectivity index (χ1) is 7.88. The molecule has 0 saturated carbocycles. The van der Waals surface area contributed by atoms with Crippen LogP contribution in [0.2, 0.25) is 0 Å². The van der Waals surface area contributed by atoms with Crippen LogP contribution < -0.4 is 11.3 Å². The van der Waals surface area contributed by atoms with Crippen LogP contribution in [-0.2, 0) is 6.54 Å². The lowest BCUT2D eigenvalue weighted by molar-refractivity contribution is 0.274. The zero-order valence-electron chi connectivity index (χ0n) is 9.65. The van der Waals surface area contributed by atoms with Crippen molar-refractivity contribution in [2.75, 3.05) is 18.5 Å². The van der Waals surface area contributed by atoms with E-state index in [9.17, 15) is 0 Å². The zero-order chi connectivity index (χ0) is 11.2. The number of nitrogens with two attached hydrogens (primary N) is 1. The third-order valence-electron chi connectivity index (χ3n) is 3.07. The molecular formula is C12H20N4. The number of nitrogens with zero attached hydrogens (tertiary/aromatic N) is 2. The van der Waals surface area contributed by atoms with Crippen molar-refractivity contribution in [3.63, 3.8) is 0 Å². The molecule has 16 heavy (non-hydrogen) atoms. The first-order valence-electron chi connectivity index (χ1n) is 6.02. The van der Waals surface area contributed by atoms with E-state index in [4.69, 9.17) is 5.84 Å². The third kappa shape index (κ3) is 3.18. The number of rotatable bonds is 3. The van der Waals surface area contributed by atoms with Crippen molar-refractivity contribution in [3.05, 3.63) is 24.0 Å². The second-order valence-electron chi connectivity index (χ2n) is 4.37. The van der Waals surface area contributed by atoms with E-state index in [0.717, 1.165) is 17.9 Å². The van der Waals surface area contributed by atoms with E-state index >= 15 is 0 Å². The lowest BCUT2D eigenvalue weighted by Crippen LogP contribution is -2.24. The van der Waals surface area contributed by atoms with E-state index < -0.39 is 0 Å². The average molecular weight is 220 g/mol. The van der Waals surface area contributed by atoms with Gasteiger partial charge in [0.1, 0.15) is 0 Å². The molecule has 0 spiro atoms. The Hall–Kier alpha value is -1.13. The molecule has 0 atom stereocenters. The van der Waals surface area contributed by atoms with Gasteiger partial charge in [-0.2, -0.15) is 0 Å². The number of hydrogen-bond acceptors (Lipinski definition) is 4. The van der Waals surface area contributed by atoms with Gasteiger partial charge in [0, 0.05) is 12.7 Å². The molecule has 1 saturated heterocycles. The van der Waals surface area contributed by atoms with Crippen LogP contribution in [0.5, 0.6) is 0 Å². The van der Waals surface area contributed by atoms with Gasteiger partial charge in [0.15, 0.2) is 0 Å². The van der Waals surface area contributed by atoms with Crippen LogP contribution in [0.1, 0.15) is 31.4 Å². The first-order valence-corrected chi connectivity index (χ1v) is 6.02. The number of pyridine rings is 1. The summed E-state index contributed by atoms with van der Waals surface area (Å²) in [6, 6.07) is 3.90. The predicted octanol–water partition coefficient (Wildman–Crippen LogP) is 1.74. The van der Waals surface area contributed by atoms with Crippen molar-refractivity contribution < 1.29 is 0 Å². The highest BCUT2D eigenvalue weighted by atomic mass is 15.2. The molecule has 0 aliphatic carbocycles. The lowest BCUT2D eigenvalue weighted by Gasteiger charge is -2.19. The summed E-state index contributed by atoms with van der Waals surface area (Å²) >= 11 is 0. The molecule has 4 heteroatoms. The fourth-order valence-corrected chi connectivity index (χ4v) is 2.18. The fraction of sp³-hybridized carbons (Fsp3) is 0.583. The number of likely N-dealkylation sites (tertiary alicyclic amines) is 1. The fourth-order valence-electron chi connectivity index (χ4n) is 2.18. The van der Waals surface area contributed by atoms with Crippen LogP contribution in [0.15, 0.2) is 18.3 Å². The molecule has 4 nitrogen and oxygen atoms in total. The molecule has 2 heterocycles. The summed E-state index contributed by atoms with van der Waals surface area (Å²) in [5.41, 5.74) is 4.68. The number of nitrogen functional groups attached to an aromatic ring is 1. The number of hydrazine groups is 1. The maximum atomic E-state index is 5.39. The van der Waals surface area contributed by atoms with Crippen molar-refractivity contribution >= 4 is 5.69 Å². The Morgan fingerprint density at radius 1 is 1.25 bits per heavy atom. The molecule has 1 aromatic heterocycles. The van der Waals surface area contributed by atoms with Gasteiger partial charge >= 0.3 is 0 Å². The topological polar surface area (TPSA) is 54.2 Å². The van der Waals surface area contributed by atoms with E-state index in [1.165, 1.54) is 38.8 Å².